The molecular weight excluding hydrogens is 146 g/mol. The van der Waals surface area contributed by atoms with Gasteiger partial charge in [-0.1, -0.05) is 24.3 Å². The molecule has 0 unspecified atom stereocenters. The Morgan fingerprint density at radius 2 is 1.75 bits per heavy atom. The van der Waals surface area contributed by atoms with Gasteiger partial charge in [0.25, 0.3) is 0 Å². The number of aryl methyl sites for hydroxylation is 1. The molecule has 1 aromatic carbocycles. The van der Waals surface area contributed by atoms with Crippen molar-refractivity contribution in [3.8, 4) is 0 Å². The van der Waals surface area contributed by atoms with Crippen LogP contribution in [0.25, 0.3) is 0 Å². The third-order valence-corrected chi connectivity index (χ3v) is 2.47. The molecule has 2 rings (SSSR count). The maximum absolute atomic E-state index is 7.81. The largest absolute Gasteiger partial charge is 0.305 e. The van der Waals surface area contributed by atoms with Crippen LogP contribution in [0.15, 0.2) is 24.3 Å². The maximum atomic E-state index is 7.81. The predicted molar refractivity (Wildman–Crippen MR) is 50.8 cm³/mol. The summed E-state index contributed by atoms with van der Waals surface area (Å²) in [4.78, 5) is 0. The number of rotatable bonds is 0. The number of hydrogen-bond acceptors (Lipinski definition) is 1. The first-order valence-corrected chi connectivity index (χ1v) is 4.53. The van der Waals surface area contributed by atoms with Crippen LogP contribution in [0.1, 0.15) is 30.4 Å². The molecule has 1 N–H and O–H groups in total. The fourth-order valence-electron chi connectivity index (χ4n) is 1.78. The van der Waals surface area contributed by atoms with Crippen LogP contribution in [0.3, 0.4) is 0 Å². The minimum absolute atomic E-state index is 0.822. The summed E-state index contributed by atoms with van der Waals surface area (Å²) in [6.07, 6.45) is 4.52. The second kappa shape index (κ2) is 3.10. The van der Waals surface area contributed by atoms with E-state index in [-0.39, 0.29) is 0 Å². The Morgan fingerprint density at radius 3 is 2.67 bits per heavy atom. The molecule has 1 nitrogen and oxygen atoms in total. The lowest BCUT2D eigenvalue weighted by Crippen LogP contribution is -1.98. The molecule has 1 aliphatic rings. The molecule has 0 saturated carbocycles. The van der Waals surface area contributed by atoms with Crippen molar-refractivity contribution in [2.75, 3.05) is 0 Å². The lowest BCUT2D eigenvalue weighted by molar-refractivity contribution is 0.775. The summed E-state index contributed by atoms with van der Waals surface area (Å²) in [5, 5.41) is 7.81. The Balaban J connectivity index is 2.46. The predicted octanol–water partition coefficient (Wildman–Crippen LogP) is 2.78. The van der Waals surface area contributed by atoms with Gasteiger partial charge < -0.3 is 5.41 Å². The minimum Gasteiger partial charge on any atom is -0.305 e. The van der Waals surface area contributed by atoms with E-state index in [0.717, 1.165) is 18.6 Å². The van der Waals surface area contributed by atoms with Gasteiger partial charge in [0.15, 0.2) is 0 Å². The highest BCUT2D eigenvalue weighted by molar-refractivity contribution is 5.99. The van der Waals surface area contributed by atoms with Gasteiger partial charge in [0, 0.05) is 5.71 Å². The van der Waals surface area contributed by atoms with Crippen molar-refractivity contribution in [1.29, 1.82) is 5.41 Å². The van der Waals surface area contributed by atoms with Gasteiger partial charge in [-0.05, 0) is 36.8 Å². The number of hydrogen-bond donors (Lipinski definition) is 1. The van der Waals surface area contributed by atoms with Crippen LogP contribution in [0.5, 0.6) is 0 Å². The molecule has 1 aliphatic carbocycles. The van der Waals surface area contributed by atoms with E-state index in [9.17, 15) is 0 Å². The fourth-order valence-corrected chi connectivity index (χ4v) is 1.78. The van der Waals surface area contributed by atoms with Crippen LogP contribution in [-0.4, -0.2) is 5.71 Å². The summed E-state index contributed by atoms with van der Waals surface area (Å²) < 4.78 is 0. The van der Waals surface area contributed by atoms with E-state index < -0.39 is 0 Å². The van der Waals surface area contributed by atoms with E-state index in [1.807, 2.05) is 6.07 Å². The summed E-state index contributed by atoms with van der Waals surface area (Å²) in [6, 6.07) is 8.31. The number of nitrogens with one attached hydrogen (secondary N) is 1. The Bertz CT molecular complexity index is 302. The summed E-state index contributed by atoms with van der Waals surface area (Å²) in [5.41, 5.74) is 3.36. The van der Waals surface area contributed by atoms with Crippen molar-refractivity contribution >= 4 is 5.71 Å². The standard InChI is InChI=1S/C11H13N/c12-11-8-4-2-6-9-5-1-3-7-10(9)11/h1,3,5,7,12H,2,4,6,8H2. The quantitative estimate of drug-likeness (QED) is 0.563. The van der Waals surface area contributed by atoms with Gasteiger partial charge in [-0.2, -0.15) is 0 Å². The second-order valence-corrected chi connectivity index (χ2v) is 3.34. The highest BCUT2D eigenvalue weighted by Crippen LogP contribution is 2.19. The third kappa shape index (κ3) is 1.27. The van der Waals surface area contributed by atoms with Crippen LogP contribution >= 0.6 is 0 Å². The van der Waals surface area contributed by atoms with E-state index in [2.05, 4.69) is 18.2 Å². The Morgan fingerprint density at radius 1 is 1.00 bits per heavy atom. The van der Waals surface area contributed by atoms with E-state index in [1.54, 1.807) is 0 Å². The van der Waals surface area contributed by atoms with Crippen LogP contribution in [0.2, 0.25) is 0 Å². The summed E-state index contributed by atoms with van der Waals surface area (Å²) in [5.74, 6) is 0. The second-order valence-electron chi connectivity index (χ2n) is 3.34. The first-order chi connectivity index (χ1) is 5.88. The molecule has 0 aliphatic heterocycles. The van der Waals surface area contributed by atoms with E-state index in [0.29, 0.717) is 0 Å². The Kier molecular flexibility index (Phi) is 1.94. The zero-order valence-electron chi connectivity index (χ0n) is 7.14. The van der Waals surface area contributed by atoms with Gasteiger partial charge >= 0.3 is 0 Å². The molecule has 1 heteroatoms. The van der Waals surface area contributed by atoms with Crippen LogP contribution in [0.4, 0.5) is 0 Å². The molecule has 0 fully saturated rings. The van der Waals surface area contributed by atoms with Crippen molar-refractivity contribution in [3.63, 3.8) is 0 Å². The number of benzene rings is 1. The average molecular weight is 159 g/mol. The normalized spacial score (nSPS) is 16.8. The molecule has 62 valence electrons. The van der Waals surface area contributed by atoms with Crippen molar-refractivity contribution in [2.24, 2.45) is 0 Å². The van der Waals surface area contributed by atoms with Gasteiger partial charge in [0.05, 0.1) is 0 Å². The van der Waals surface area contributed by atoms with Gasteiger partial charge in [-0.3, -0.25) is 0 Å². The smallest absolute Gasteiger partial charge is 0.0388 e. The van der Waals surface area contributed by atoms with E-state index in [1.165, 1.54) is 24.0 Å². The maximum Gasteiger partial charge on any atom is 0.0388 e. The fraction of sp³-hybridized carbons (Fsp3) is 0.364. The van der Waals surface area contributed by atoms with E-state index in [4.69, 9.17) is 5.41 Å². The third-order valence-electron chi connectivity index (χ3n) is 2.47. The molecule has 0 amide bonds. The summed E-state index contributed by atoms with van der Waals surface area (Å²) >= 11 is 0. The van der Waals surface area contributed by atoms with Crippen molar-refractivity contribution in [2.45, 2.75) is 25.7 Å². The van der Waals surface area contributed by atoms with Crippen LogP contribution in [0, 0.1) is 5.41 Å². The Labute approximate surface area is 72.9 Å². The molecule has 0 saturated heterocycles. The molecule has 0 radical (unpaired) electrons. The number of fused-ring (bicyclic) bond motifs is 1. The van der Waals surface area contributed by atoms with Crippen LogP contribution < -0.4 is 0 Å². The first-order valence-electron chi connectivity index (χ1n) is 4.53. The van der Waals surface area contributed by atoms with Gasteiger partial charge in [-0.15, -0.1) is 0 Å². The minimum atomic E-state index is 0.822. The lowest BCUT2D eigenvalue weighted by Gasteiger charge is -2.03. The van der Waals surface area contributed by atoms with Gasteiger partial charge in [0.1, 0.15) is 0 Å². The van der Waals surface area contributed by atoms with Gasteiger partial charge in [-0.25, -0.2) is 0 Å². The zero-order chi connectivity index (χ0) is 8.39. The Hall–Kier alpha value is -1.11. The molecule has 0 spiro atoms. The van der Waals surface area contributed by atoms with Crippen molar-refractivity contribution in [3.05, 3.63) is 35.4 Å². The van der Waals surface area contributed by atoms with Gasteiger partial charge in [0.2, 0.25) is 0 Å². The lowest BCUT2D eigenvalue weighted by atomic mass is 10.0. The SMILES string of the molecule is N=C1CCCCc2ccccc21. The summed E-state index contributed by atoms with van der Waals surface area (Å²) in [7, 11) is 0. The molecule has 12 heavy (non-hydrogen) atoms. The highest BCUT2D eigenvalue weighted by Gasteiger charge is 2.10. The first kappa shape index (κ1) is 7.53. The topological polar surface area (TPSA) is 23.9 Å². The molecule has 0 aromatic heterocycles. The van der Waals surface area contributed by atoms with Crippen molar-refractivity contribution < 1.29 is 0 Å². The molecule has 0 bridgehead atoms. The molecule has 1 aromatic rings. The molecule has 0 heterocycles. The molecular formula is C11H13N. The van der Waals surface area contributed by atoms with E-state index >= 15 is 0 Å². The summed E-state index contributed by atoms with van der Waals surface area (Å²) in [6.45, 7) is 0. The average Bonchev–Trinajstić information content (AvgIpc) is 2.29. The zero-order valence-corrected chi connectivity index (χ0v) is 7.14. The monoisotopic (exact) mass is 159 g/mol. The molecule has 0 atom stereocenters. The van der Waals surface area contributed by atoms with Crippen molar-refractivity contribution in [1.82, 2.24) is 0 Å². The highest BCUT2D eigenvalue weighted by atomic mass is 14.4. The van der Waals surface area contributed by atoms with Crippen LogP contribution in [-0.2, 0) is 6.42 Å².